The van der Waals surface area contributed by atoms with Crippen LogP contribution in [0.25, 0.3) is 0 Å². The van der Waals surface area contributed by atoms with Crippen LogP contribution in [-0.2, 0) is 14.3 Å². The first-order valence-electron chi connectivity index (χ1n) is 7.33. The third-order valence-electron chi connectivity index (χ3n) is 3.52. The number of ether oxygens (including phenoxy) is 2. The molecule has 7 nitrogen and oxygen atoms in total. The van der Waals surface area contributed by atoms with Gasteiger partial charge in [-0.25, -0.2) is 0 Å². The van der Waals surface area contributed by atoms with Crippen LogP contribution in [-0.4, -0.2) is 58.3 Å². The first-order chi connectivity index (χ1) is 10.7. The van der Waals surface area contributed by atoms with Crippen molar-refractivity contribution in [1.82, 2.24) is 5.32 Å². The lowest BCUT2D eigenvalue weighted by Gasteiger charge is -2.23. The molecule has 1 fully saturated rings. The van der Waals surface area contributed by atoms with Crippen LogP contribution in [0.3, 0.4) is 0 Å². The minimum atomic E-state index is -0.665. The molecule has 0 bridgehead atoms. The van der Waals surface area contributed by atoms with Gasteiger partial charge < -0.3 is 25.0 Å². The number of morpholine rings is 1. The molecular weight excluding hydrogens is 286 g/mol. The van der Waals surface area contributed by atoms with E-state index < -0.39 is 11.8 Å². The van der Waals surface area contributed by atoms with Gasteiger partial charge in [-0.1, -0.05) is 0 Å². The summed E-state index contributed by atoms with van der Waals surface area (Å²) < 4.78 is 10.3. The quantitative estimate of drug-likeness (QED) is 0.589. The monoisotopic (exact) mass is 308 g/mol. The molecule has 1 aliphatic heterocycles. The molecule has 1 aliphatic rings. The zero-order valence-electron chi connectivity index (χ0n) is 12.7. The number of hydrogen-bond acceptors (Lipinski definition) is 4. The van der Waals surface area contributed by atoms with Crippen molar-refractivity contribution in [2.75, 3.05) is 51.8 Å². The summed E-state index contributed by atoms with van der Waals surface area (Å²) in [5.41, 5.74) is 0.555. The highest BCUT2D eigenvalue weighted by Crippen LogP contribution is 2.14. The maximum Gasteiger partial charge on any atom is 0.313 e. The van der Waals surface area contributed by atoms with Gasteiger partial charge >= 0.3 is 11.8 Å². The number of rotatable bonds is 5. The van der Waals surface area contributed by atoms with E-state index in [1.807, 2.05) is 0 Å². The number of quaternary nitrogens is 1. The standard InChI is InChI=1S/C15H21N3O4/c1-21-13-4-2-12(3-5-13)17-15(20)14(19)16-6-7-18-8-10-22-11-9-18/h2-5H,6-11H2,1H3,(H,16,19)(H,17,20)/p+1. The van der Waals surface area contributed by atoms with Gasteiger partial charge in [0.2, 0.25) is 0 Å². The fourth-order valence-electron chi connectivity index (χ4n) is 2.21. The van der Waals surface area contributed by atoms with E-state index in [1.165, 1.54) is 4.90 Å². The van der Waals surface area contributed by atoms with E-state index in [-0.39, 0.29) is 0 Å². The van der Waals surface area contributed by atoms with Crippen LogP contribution in [0.1, 0.15) is 0 Å². The van der Waals surface area contributed by atoms with Gasteiger partial charge in [-0.05, 0) is 24.3 Å². The second-order valence-corrected chi connectivity index (χ2v) is 5.05. The van der Waals surface area contributed by atoms with Gasteiger partial charge in [0.15, 0.2) is 0 Å². The Morgan fingerprint density at radius 1 is 1.18 bits per heavy atom. The normalized spacial score (nSPS) is 15.1. The van der Waals surface area contributed by atoms with Gasteiger partial charge in [-0.15, -0.1) is 0 Å². The van der Waals surface area contributed by atoms with E-state index in [0.29, 0.717) is 18.0 Å². The molecule has 1 aromatic carbocycles. The Labute approximate surface area is 129 Å². The highest BCUT2D eigenvalue weighted by Gasteiger charge is 2.16. The first-order valence-corrected chi connectivity index (χ1v) is 7.33. The van der Waals surface area contributed by atoms with E-state index in [1.54, 1.807) is 31.4 Å². The van der Waals surface area contributed by atoms with E-state index >= 15 is 0 Å². The molecule has 1 aromatic rings. The third-order valence-corrected chi connectivity index (χ3v) is 3.52. The maximum atomic E-state index is 11.8. The summed E-state index contributed by atoms with van der Waals surface area (Å²) in [6, 6.07) is 6.80. The van der Waals surface area contributed by atoms with Crippen LogP contribution in [0.15, 0.2) is 24.3 Å². The molecule has 0 unspecified atom stereocenters. The molecule has 0 spiro atoms. The number of nitrogens with one attached hydrogen (secondary N) is 3. The van der Waals surface area contributed by atoms with Crippen molar-refractivity contribution in [1.29, 1.82) is 0 Å². The Morgan fingerprint density at radius 3 is 2.50 bits per heavy atom. The molecule has 22 heavy (non-hydrogen) atoms. The molecule has 0 aliphatic carbocycles. The SMILES string of the molecule is COc1ccc(NC(=O)C(=O)NCC[NH+]2CCOCC2)cc1. The number of carbonyl (C=O) groups is 2. The van der Waals surface area contributed by atoms with E-state index in [4.69, 9.17) is 9.47 Å². The number of methoxy groups -OCH3 is 1. The van der Waals surface area contributed by atoms with Crippen molar-refractivity contribution >= 4 is 17.5 Å². The second-order valence-electron chi connectivity index (χ2n) is 5.05. The van der Waals surface area contributed by atoms with Crippen LogP contribution >= 0.6 is 0 Å². The zero-order chi connectivity index (χ0) is 15.8. The molecule has 0 aromatic heterocycles. The molecule has 120 valence electrons. The van der Waals surface area contributed by atoms with Crippen LogP contribution < -0.4 is 20.3 Å². The largest absolute Gasteiger partial charge is 0.497 e. The summed E-state index contributed by atoms with van der Waals surface area (Å²) in [6.07, 6.45) is 0. The highest BCUT2D eigenvalue weighted by atomic mass is 16.5. The summed E-state index contributed by atoms with van der Waals surface area (Å²) in [7, 11) is 1.57. The van der Waals surface area contributed by atoms with Gasteiger partial charge in [-0.3, -0.25) is 9.59 Å². The number of amides is 2. The molecular formula is C15H22N3O4+. The summed E-state index contributed by atoms with van der Waals surface area (Å²) in [4.78, 5) is 24.9. The number of carbonyl (C=O) groups excluding carboxylic acids is 2. The Bertz CT molecular complexity index is 498. The summed E-state index contributed by atoms with van der Waals surface area (Å²) in [5.74, 6) is -0.596. The summed E-state index contributed by atoms with van der Waals surface area (Å²) in [5, 5.41) is 5.18. The average molecular weight is 308 g/mol. The Morgan fingerprint density at radius 2 is 1.86 bits per heavy atom. The Kier molecular flexibility index (Phi) is 6.17. The van der Waals surface area contributed by atoms with Crippen molar-refractivity contribution in [2.45, 2.75) is 0 Å². The molecule has 0 radical (unpaired) electrons. The van der Waals surface area contributed by atoms with Gasteiger partial charge in [0.1, 0.15) is 18.8 Å². The number of hydrogen-bond donors (Lipinski definition) is 3. The maximum absolute atomic E-state index is 11.8. The van der Waals surface area contributed by atoms with Crippen molar-refractivity contribution in [2.24, 2.45) is 0 Å². The smallest absolute Gasteiger partial charge is 0.313 e. The van der Waals surface area contributed by atoms with Crippen molar-refractivity contribution in [3.05, 3.63) is 24.3 Å². The predicted octanol–water partition coefficient (Wildman–Crippen LogP) is -1.33. The van der Waals surface area contributed by atoms with Crippen LogP contribution in [0, 0.1) is 0 Å². The molecule has 2 rings (SSSR count). The molecule has 0 saturated carbocycles. The lowest BCUT2D eigenvalue weighted by Crippen LogP contribution is -3.14. The summed E-state index contributed by atoms with van der Waals surface area (Å²) in [6.45, 7) is 4.65. The third kappa shape index (κ3) is 5.01. The highest BCUT2D eigenvalue weighted by molar-refractivity contribution is 6.39. The molecule has 2 amide bonds. The van der Waals surface area contributed by atoms with Crippen molar-refractivity contribution in [3.8, 4) is 5.75 Å². The van der Waals surface area contributed by atoms with Gasteiger partial charge in [0.05, 0.1) is 33.4 Å². The first kappa shape index (κ1) is 16.3. The topological polar surface area (TPSA) is 81.1 Å². The van der Waals surface area contributed by atoms with E-state index in [9.17, 15) is 9.59 Å². The average Bonchev–Trinajstić information content (AvgIpc) is 2.56. The predicted molar refractivity (Wildman–Crippen MR) is 81.0 cm³/mol. The molecule has 0 atom stereocenters. The van der Waals surface area contributed by atoms with Crippen molar-refractivity contribution in [3.63, 3.8) is 0 Å². The lowest BCUT2D eigenvalue weighted by atomic mass is 10.3. The van der Waals surface area contributed by atoms with E-state index in [0.717, 1.165) is 32.8 Å². The minimum Gasteiger partial charge on any atom is -0.497 e. The second kappa shape index (κ2) is 8.35. The number of anilines is 1. The molecule has 1 saturated heterocycles. The minimum absolute atomic E-state index is 0.476. The fourth-order valence-corrected chi connectivity index (χ4v) is 2.21. The van der Waals surface area contributed by atoms with Crippen LogP contribution in [0.5, 0.6) is 5.75 Å². The Hall–Kier alpha value is -2.12. The fraction of sp³-hybridized carbons (Fsp3) is 0.467. The van der Waals surface area contributed by atoms with E-state index in [2.05, 4.69) is 10.6 Å². The Balaban J connectivity index is 1.70. The van der Waals surface area contributed by atoms with Gasteiger partial charge in [0.25, 0.3) is 0 Å². The van der Waals surface area contributed by atoms with Crippen LogP contribution in [0.4, 0.5) is 5.69 Å². The van der Waals surface area contributed by atoms with Gasteiger partial charge in [0, 0.05) is 5.69 Å². The number of benzene rings is 1. The zero-order valence-corrected chi connectivity index (χ0v) is 12.7. The van der Waals surface area contributed by atoms with Crippen LogP contribution in [0.2, 0.25) is 0 Å². The van der Waals surface area contributed by atoms with Gasteiger partial charge in [-0.2, -0.15) is 0 Å². The molecule has 1 heterocycles. The molecule has 3 N–H and O–H groups in total. The lowest BCUT2D eigenvalue weighted by molar-refractivity contribution is -0.906. The molecule has 7 heteroatoms. The summed E-state index contributed by atoms with van der Waals surface area (Å²) >= 11 is 0. The van der Waals surface area contributed by atoms with Crippen molar-refractivity contribution < 1.29 is 24.0 Å².